The highest BCUT2D eigenvalue weighted by molar-refractivity contribution is 5.92. The van der Waals surface area contributed by atoms with Crippen LogP contribution in [0.15, 0.2) is 0 Å². The molecular formula is C39H69N3O10. The number of carbonyl (C=O) groups is 5. The third-order valence-electron chi connectivity index (χ3n) is 7.71. The Balaban J connectivity index is 4.50. The van der Waals surface area contributed by atoms with Crippen molar-refractivity contribution in [2.45, 2.75) is 142 Å². The Kier molecular flexibility index (Phi) is 31.8. The standard InChI is InChI=1S/C39H69N3O10/c1-6-8-9-12-15-23-40-36(45)21-20-35(44)34(42-37(46)22-26-49-28-30-51-32-31-50-29-27-48-25-7-2)19-18-33(43)17-14-11-10-13-16-24-41-38(47)52-39(3,4)5/h2,34H,6,8-32H2,1,3-5H3,(H,40,45)(H,41,47)(H,42,46)/t34-/m1/s1. The molecule has 0 spiro atoms. The lowest BCUT2D eigenvalue weighted by Crippen LogP contribution is -2.42. The molecule has 300 valence electrons. The van der Waals surface area contributed by atoms with Crippen LogP contribution in [0.4, 0.5) is 4.79 Å². The molecule has 0 rings (SSSR count). The molecule has 0 unspecified atom stereocenters. The van der Waals surface area contributed by atoms with Gasteiger partial charge in [-0.3, -0.25) is 19.2 Å². The van der Waals surface area contributed by atoms with E-state index in [1.165, 1.54) is 6.42 Å². The van der Waals surface area contributed by atoms with Gasteiger partial charge in [0.25, 0.3) is 0 Å². The number of alkyl carbamates (subject to hydrolysis) is 1. The number of ether oxygens (including phenoxy) is 5. The Morgan fingerprint density at radius 2 is 1.17 bits per heavy atom. The first-order valence-corrected chi connectivity index (χ1v) is 19.3. The smallest absolute Gasteiger partial charge is 0.407 e. The molecule has 0 heterocycles. The molecule has 0 aromatic heterocycles. The first-order chi connectivity index (χ1) is 25.0. The van der Waals surface area contributed by atoms with Gasteiger partial charge in [-0.2, -0.15) is 0 Å². The summed E-state index contributed by atoms with van der Waals surface area (Å²) in [4.78, 5) is 62.5. The van der Waals surface area contributed by atoms with Crippen LogP contribution in [-0.2, 0) is 42.9 Å². The number of terminal acetylenes is 1. The van der Waals surface area contributed by atoms with Crippen molar-refractivity contribution < 1.29 is 47.7 Å². The highest BCUT2D eigenvalue weighted by Gasteiger charge is 2.22. The van der Waals surface area contributed by atoms with Crippen molar-refractivity contribution in [2.75, 3.05) is 65.9 Å². The fourth-order valence-corrected chi connectivity index (χ4v) is 4.90. The van der Waals surface area contributed by atoms with Crippen molar-refractivity contribution in [3.63, 3.8) is 0 Å². The largest absolute Gasteiger partial charge is 0.444 e. The molecular weight excluding hydrogens is 670 g/mol. The molecule has 0 aliphatic carbocycles. The van der Waals surface area contributed by atoms with E-state index in [-0.39, 0.29) is 68.7 Å². The molecule has 0 saturated heterocycles. The lowest BCUT2D eigenvalue weighted by Gasteiger charge is -2.19. The van der Waals surface area contributed by atoms with Crippen LogP contribution in [0, 0.1) is 12.3 Å². The molecule has 13 heteroatoms. The number of unbranched alkanes of at least 4 members (excludes halogenated alkanes) is 8. The highest BCUT2D eigenvalue weighted by atomic mass is 16.6. The molecule has 0 radical (unpaired) electrons. The van der Waals surface area contributed by atoms with Gasteiger partial charge in [-0.15, -0.1) is 6.42 Å². The first-order valence-electron chi connectivity index (χ1n) is 19.3. The van der Waals surface area contributed by atoms with Gasteiger partial charge in [0.15, 0.2) is 5.78 Å². The maximum Gasteiger partial charge on any atom is 0.407 e. The van der Waals surface area contributed by atoms with Gasteiger partial charge in [-0.1, -0.05) is 57.8 Å². The van der Waals surface area contributed by atoms with Gasteiger partial charge >= 0.3 is 6.09 Å². The summed E-state index contributed by atoms with van der Waals surface area (Å²) >= 11 is 0. The van der Waals surface area contributed by atoms with Gasteiger partial charge in [0.2, 0.25) is 11.8 Å². The van der Waals surface area contributed by atoms with E-state index >= 15 is 0 Å². The molecule has 0 aromatic carbocycles. The summed E-state index contributed by atoms with van der Waals surface area (Å²) in [7, 11) is 0. The summed E-state index contributed by atoms with van der Waals surface area (Å²) in [6.07, 6.45) is 15.2. The molecule has 0 aliphatic heterocycles. The van der Waals surface area contributed by atoms with E-state index < -0.39 is 17.7 Å². The van der Waals surface area contributed by atoms with Crippen LogP contribution in [0.5, 0.6) is 0 Å². The molecule has 52 heavy (non-hydrogen) atoms. The van der Waals surface area contributed by atoms with Crippen LogP contribution >= 0.6 is 0 Å². The highest BCUT2D eigenvalue weighted by Crippen LogP contribution is 2.11. The zero-order valence-electron chi connectivity index (χ0n) is 32.6. The van der Waals surface area contributed by atoms with Crippen LogP contribution < -0.4 is 16.0 Å². The van der Waals surface area contributed by atoms with Crippen molar-refractivity contribution in [1.29, 1.82) is 0 Å². The quantitative estimate of drug-likeness (QED) is 0.0580. The van der Waals surface area contributed by atoms with Gasteiger partial charge in [-0.05, 0) is 46.5 Å². The van der Waals surface area contributed by atoms with Gasteiger partial charge in [0.1, 0.15) is 18.0 Å². The summed E-state index contributed by atoms with van der Waals surface area (Å²) in [5.41, 5.74) is -0.526. The summed E-state index contributed by atoms with van der Waals surface area (Å²) in [5, 5.41) is 8.38. The fraction of sp³-hybridized carbons (Fsp3) is 0.821. The Morgan fingerprint density at radius 3 is 1.79 bits per heavy atom. The lowest BCUT2D eigenvalue weighted by atomic mass is 9.99. The lowest BCUT2D eigenvalue weighted by molar-refractivity contribution is -0.130. The predicted molar refractivity (Wildman–Crippen MR) is 201 cm³/mol. The molecule has 3 amide bonds. The molecule has 0 saturated carbocycles. The number of Topliss-reactive ketones (excluding diaryl/α,β-unsaturated/α-hetero) is 2. The van der Waals surface area contributed by atoms with Gasteiger partial charge < -0.3 is 39.6 Å². The number of amides is 3. The minimum absolute atomic E-state index is 0.0148. The molecule has 13 nitrogen and oxygen atoms in total. The third kappa shape index (κ3) is 34.1. The van der Waals surface area contributed by atoms with E-state index in [9.17, 15) is 24.0 Å². The molecule has 0 aromatic rings. The number of carbonyl (C=O) groups excluding carboxylic acids is 5. The number of rotatable bonds is 35. The van der Waals surface area contributed by atoms with Crippen molar-refractivity contribution in [1.82, 2.24) is 16.0 Å². The van der Waals surface area contributed by atoms with Crippen LogP contribution in [0.3, 0.4) is 0 Å². The van der Waals surface area contributed by atoms with Gasteiger partial charge in [0, 0.05) is 45.2 Å². The second-order valence-corrected chi connectivity index (χ2v) is 13.7. The van der Waals surface area contributed by atoms with Crippen molar-refractivity contribution in [2.24, 2.45) is 0 Å². The Labute approximate surface area is 313 Å². The summed E-state index contributed by atoms with van der Waals surface area (Å²) in [5.74, 6) is 1.60. The summed E-state index contributed by atoms with van der Waals surface area (Å²) < 4.78 is 26.6. The molecule has 3 N–H and O–H groups in total. The van der Waals surface area contributed by atoms with Gasteiger partial charge in [-0.25, -0.2) is 4.79 Å². The van der Waals surface area contributed by atoms with Crippen molar-refractivity contribution in [3.05, 3.63) is 0 Å². The monoisotopic (exact) mass is 739 g/mol. The average molecular weight is 740 g/mol. The van der Waals surface area contributed by atoms with Gasteiger partial charge in [0.05, 0.1) is 52.3 Å². The van der Waals surface area contributed by atoms with E-state index in [0.717, 1.165) is 57.8 Å². The number of ketones is 2. The van der Waals surface area contributed by atoms with Crippen LogP contribution in [-0.4, -0.2) is 107 Å². The van der Waals surface area contributed by atoms with E-state index in [1.54, 1.807) is 0 Å². The fourth-order valence-electron chi connectivity index (χ4n) is 4.90. The topological polar surface area (TPSA) is 168 Å². The van der Waals surface area contributed by atoms with E-state index in [4.69, 9.17) is 30.1 Å². The molecule has 1 atom stereocenters. The number of hydrogen-bond acceptors (Lipinski definition) is 10. The van der Waals surface area contributed by atoms with Crippen LogP contribution in [0.1, 0.15) is 130 Å². The van der Waals surface area contributed by atoms with E-state index in [0.29, 0.717) is 59.2 Å². The van der Waals surface area contributed by atoms with E-state index in [2.05, 4.69) is 28.8 Å². The normalized spacial score (nSPS) is 11.8. The minimum atomic E-state index is -0.851. The maximum absolute atomic E-state index is 13.1. The molecule has 0 bridgehead atoms. The van der Waals surface area contributed by atoms with Crippen molar-refractivity contribution in [3.8, 4) is 12.3 Å². The Hall–Kier alpha value is -3.05. The zero-order valence-corrected chi connectivity index (χ0v) is 32.6. The average Bonchev–Trinajstić information content (AvgIpc) is 3.09. The zero-order chi connectivity index (χ0) is 38.7. The maximum atomic E-state index is 13.1. The second kappa shape index (κ2) is 33.8. The summed E-state index contributed by atoms with van der Waals surface area (Å²) in [6, 6.07) is -0.851. The summed E-state index contributed by atoms with van der Waals surface area (Å²) in [6.45, 7) is 11.4. The SMILES string of the molecule is C#CCOCCOCCOCCOCCC(=O)N[C@H](CCC(=O)CCCCCCCNC(=O)OC(C)(C)C)C(=O)CCC(=O)NCCCCCCC. The third-order valence-corrected chi connectivity index (χ3v) is 7.71. The second-order valence-electron chi connectivity index (χ2n) is 13.7. The van der Waals surface area contributed by atoms with Crippen LogP contribution in [0.2, 0.25) is 0 Å². The first kappa shape index (κ1) is 49.0. The number of nitrogens with one attached hydrogen (secondary N) is 3. The van der Waals surface area contributed by atoms with Crippen LogP contribution in [0.25, 0.3) is 0 Å². The minimum Gasteiger partial charge on any atom is -0.444 e. The predicted octanol–water partition coefficient (Wildman–Crippen LogP) is 5.21. The Bertz CT molecular complexity index is 1010. The van der Waals surface area contributed by atoms with E-state index in [1.807, 2.05) is 20.8 Å². The number of hydrogen-bond donors (Lipinski definition) is 3. The molecule has 0 aliphatic rings. The molecule has 0 fully saturated rings. The Morgan fingerprint density at radius 1 is 0.615 bits per heavy atom. The van der Waals surface area contributed by atoms with Crippen molar-refractivity contribution >= 4 is 29.5 Å².